The zero-order valence-corrected chi connectivity index (χ0v) is 21.2. The third-order valence-electron chi connectivity index (χ3n) is 7.78. The molecule has 2 N–H and O–H groups in total. The number of carboxylic acids is 1. The molecule has 3 aliphatic rings. The summed E-state index contributed by atoms with van der Waals surface area (Å²) < 4.78 is 29.2. The van der Waals surface area contributed by atoms with E-state index in [-0.39, 0.29) is 22.2 Å². The van der Waals surface area contributed by atoms with E-state index in [2.05, 4.69) is 17.1 Å². The van der Waals surface area contributed by atoms with Gasteiger partial charge < -0.3 is 15.3 Å². The van der Waals surface area contributed by atoms with E-state index in [1.54, 1.807) is 25.2 Å². The van der Waals surface area contributed by atoms with Crippen molar-refractivity contribution in [3.63, 3.8) is 0 Å². The van der Waals surface area contributed by atoms with Crippen molar-refractivity contribution in [1.82, 2.24) is 4.31 Å². The molecule has 0 saturated heterocycles. The Morgan fingerprint density at radius 2 is 1.83 bits per heavy atom. The number of sulfonamides is 1. The summed E-state index contributed by atoms with van der Waals surface area (Å²) in [5.41, 5.74) is 4.95. The highest BCUT2D eigenvalue weighted by atomic mass is 32.2. The van der Waals surface area contributed by atoms with Crippen LogP contribution in [0.4, 0.5) is 17.1 Å². The smallest absolute Gasteiger partial charge is 0.335 e. The Morgan fingerprint density at radius 1 is 1.08 bits per heavy atom. The van der Waals surface area contributed by atoms with E-state index in [0.717, 1.165) is 53.7 Å². The number of nitrogens with one attached hydrogen (secondary N) is 1. The van der Waals surface area contributed by atoms with Crippen molar-refractivity contribution >= 4 is 33.1 Å². The molecular formula is C28H29N3O4S. The molecule has 7 nitrogen and oxygen atoms in total. The largest absolute Gasteiger partial charge is 0.478 e. The van der Waals surface area contributed by atoms with Crippen LogP contribution in [0.2, 0.25) is 0 Å². The lowest BCUT2D eigenvalue weighted by Gasteiger charge is -2.44. The van der Waals surface area contributed by atoms with Gasteiger partial charge in [0.25, 0.3) is 0 Å². The molecule has 3 aromatic rings. The van der Waals surface area contributed by atoms with Crippen molar-refractivity contribution in [2.24, 2.45) is 0 Å². The summed E-state index contributed by atoms with van der Waals surface area (Å²) >= 11 is 0. The summed E-state index contributed by atoms with van der Waals surface area (Å²) in [6.07, 6.45) is 4.14. The molecule has 2 aliphatic heterocycles. The lowest BCUT2D eigenvalue weighted by molar-refractivity contribution is 0.0697. The van der Waals surface area contributed by atoms with Gasteiger partial charge in [0.2, 0.25) is 10.0 Å². The highest BCUT2D eigenvalue weighted by Crippen LogP contribution is 2.58. The highest BCUT2D eigenvalue weighted by molar-refractivity contribution is 7.89. The molecule has 1 fully saturated rings. The van der Waals surface area contributed by atoms with Crippen LogP contribution in [0.25, 0.3) is 11.1 Å². The van der Waals surface area contributed by atoms with Gasteiger partial charge in [-0.15, -0.1) is 0 Å². The lowest BCUT2D eigenvalue weighted by atomic mass is 9.86. The predicted octanol–water partition coefficient (Wildman–Crippen LogP) is 5.75. The second kappa shape index (κ2) is 8.08. The van der Waals surface area contributed by atoms with Crippen LogP contribution in [0.3, 0.4) is 0 Å². The molecule has 2 heterocycles. The van der Waals surface area contributed by atoms with Gasteiger partial charge in [0.05, 0.1) is 16.8 Å². The molecule has 6 rings (SSSR count). The third kappa shape index (κ3) is 3.35. The van der Waals surface area contributed by atoms with Crippen LogP contribution in [0.15, 0.2) is 65.6 Å². The van der Waals surface area contributed by atoms with Gasteiger partial charge in [-0.1, -0.05) is 44.0 Å². The number of fused-ring (bicyclic) bond motifs is 5. The van der Waals surface area contributed by atoms with Gasteiger partial charge in [0.1, 0.15) is 11.1 Å². The van der Waals surface area contributed by atoms with Crippen molar-refractivity contribution in [1.29, 1.82) is 0 Å². The zero-order valence-electron chi connectivity index (χ0n) is 20.4. The predicted molar refractivity (Wildman–Crippen MR) is 140 cm³/mol. The Labute approximate surface area is 211 Å². The standard InChI is InChI=1S/C28H29N3O4S/c1-3-4-10-26-30(2)36(34,35)25-16-21-20-15-18(27(32)33)11-12-22(20)28(13-14-28)29-23(21)17-24(25)31(26)19-8-6-5-7-9-19/h5-9,11-12,15-17,26,29H,3-4,10,13-14H2,1-2H3,(H,32,33)/t26-/m0/s1. The van der Waals surface area contributed by atoms with Crippen LogP contribution in [0.1, 0.15) is 54.9 Å². The fourth-order valence-corrected chi connectivity index (χ4v) is 7.21. The number of carbonyl (C=O) groups is 1. The summed E-state index contributed by atoms with van der Waals surface area (Å²) in [5, 5.41) is 13.3. The fraction of sp³-hybridized carbons (Fsp3) is 0.321. The molecule has 186 valence electrons. The van der Waals surface area contributed by atoms with Gasteiger partial charge in [0, 0.05) is 24.0 Å². The van der Waals surface area contributed by atoms with E-state index >= 15 is 0 Å². The first-order valence-corrected chi connectivity index (χ1v) is 13.9. The van der Waals surface area contributed by atoms with Gasteiger partial charge in [-0.25, -0.2) is 13.2 Å². The minimum atomic E-state index is -3.77. The number of hydrogen-bond donors (Lipinski definition) is 2. The van der Waals surface area contributed by atoms with Crippen LogP contribution in [-0.4, -0.2) is 37.0 Å². The summed E-state index contributed by atoms with van der Waals surface area (Å²) in [7, 11) is -2.11. The molecule has 36 heavy (non-hydrogen) atoms. The van der Waals surface area contributed by atoms with E-state index in [9.17, 15) is 18.3 Å². The number of aromatic carboxylic acids is 1. The van der Waals surface area contributed by atoms with E-state index in [0.29, 0.717) is 12.1 Å². The number of anilines is 3. The van der Waals surface area contributed by atoms with E-state index < -0.39 is 16.0 Å². The Morgan fingerprint density at radius 3 is 2.50 bits per heavy atom. The Kier molecular flexibility index (Phi) is 5.18. The van der Waals surface area contributed by atoms with Crippen molar-refractivity contribution < 1.29 is 18.3 Å². The summed E-state index contributed by atoms with van der Waals surface area (Å²) in [6.45, 7) is 2.11. The quantitative estimate of drug-likeness (QED) is 0.460. The van der Waals surface area contributed by atoms with Crippen molar-refractivity contribution in [3.8, 4) is 11.1 Å². The summed E-state index contributed by atoms with van der Waals surface area (Å²) in [6, 6.07) is 18.8. The minimum absolute atomic E-state index is 0.195. The Hall–Kier alpha value is -3.36. The number of para-hydroxylation sites is 1. The van der Waals surface area contributed by atoms with E-state index in [1.807, 2.05) is 42.5 Å². The average molecular weight is 504 g/mol. The number of hydrogen-bond acceptors (Lipinski definition) is 5. The van der Waals surface area contributed by atoms with Crippen LogP contribution in [0.5, 0.6) is 0 Å². The minimum Gasteiger partial charge on any atom is -0.478 e. The molecule has 0 amide bonds. The van der Waals surface area contributed by atoms with Crippen LogP contribution >= 0.6 is 0 Å². The number of carboxylic acid groups (broad SMARTS) is 1. The molecule has 0 aromatic heterocycles. The maximum Gasteiger partial charge on any atom is 0.335 e. The third-order valence-corrected chi connectivity index (χ3v) is 9.66. The normalized spacial score (nSPS) is 20.7. The van der Waals surface area contributed by atoms with Gasteiger partial charge in [-0.05, 0) is 66.8 Å². The number of rotatable bonds is 5. The molecule has 0 unspecified atom stereocenters. The monoisotopic (exact) mass is 503 g/mol. The van der Waals surface area contributed by atoms with Crippen molar-refractivity contribution in [2.75, 3.05) is 17.3 Å². The van der Waals surface area contributed by atoms with Crippen LogP contribution in [-0.2, 0) is 15.6 Å². The second-order valence-corrected chi connectivity index (χ2v) is 12.0. The summed E-state index contributed by atoms with van der Waals surface area (Å²) in [5.74, 6) is -0.998. The molecule has 1 saturated carbocycles. The lowest BCUT2D eigenvalue weighted by Crippen LogP contribution is -2.51. The first kappa shape index (κ1) is 23.1. The first-order valence-electron chi connectivity index (χ1n) is 12.4. The van der Waals surface area contributed by atoms with Crippen LogP contribution < -0.4 is 10.2 Å². The van der Waals surface area contributed by atoms with Gasteiger partial charge in [-0.3, -0.25) is 0 Å². The van der Waals surface area contributed by atoms with Crippen LogP contribution in [0, 0.1) is 0 Å². The van der Waals surface area contributed by atoms with Gasteiger partial charge in [-0.2, -0.15) is 4.31 Å². The molecule has 1 aliphatic carbocycles. The Balaban J connectivity index is 1.61. The SMILES string of the molecule is CCCC[C@@H]1N(c2ccccc2)c2cc3c(cc2S(=O)(=O)N1C)-c1cc(C(=O)O)ccc1C1(CC1)N3. The molecule has 3 aromatic carbocycles. The van der Waals surface area contributed by atoms with Crippen molar-refractivity contribution in [3.05, 3.63) is 71.8 Å². The molecule has 1 spiro atoms. The van der Waals surface area contributed by atoms with E-state index in [1.165, 1.54) is 4.31 Å². The molecule has 8 heteroatoms. The fourth-order valence-electron chi connectivity index (χ4n) is 5.69. The van der Waals surface area contributed by atoms with Crippen molar-refractivity contribution in [2.45, 2.75) is 55.6 Å². The number of unbranched alkanes of at least 4 members (excludes halogenated alkanes) is 1. The van der Waals surface area contributed by atoms with E-state index in [4.69, 9.17) is 0 Å². The maximum absolute atomic E-state index is 13.9. The van der Waals surface area contributed by atoms with Gasteiger partial charge >= 0.3 is 5.97 Å². The summed E-state index contributed by atoms with van der Waals surface area (Å²) in [4.78, 5) is 14.1. The maximum atomic E-state index is 13.9. The van der Waals surface area contributed by atoms with Gasteiger partial charge in [0.15, 0.2) is 0 Å². The number of benzene rings is 3. The number of nitrogens with zero attached hydrogens (tertiary/aromatic N) is 2. The average Bonchev–Trinajstić information content (AvgIpc) is 3.65. The molecule has 1 atom stereocenters. The molecule has 0 bridgehead atoms. The topological polar surface area (TPSA) is 90.0 Å². The second-order valence-electron chi connectivity index (χ2n) is 9.99. The molecule has 0 radical (unpaired) electrons. The highest BCUT2D eigenvalue weighted by Gasteiger charge is 2.50. The first-order chi connectivity index (χ1) is 17.3. The molecular weight excluding hydrogens is 474 g/mol. The zero-order chi connectivity index (χ0) is 25.2. The Bertz CT molecular complexity index is 1480.